The second-order valence-corrected chi connectivity index (χ2v) is 5.82. The van der Waals surface area contributed by atoms with E-state index in [9.17, 15) is 0 Å². The molecule has 0 atom stereocenters. The van der Waals surface area contributed by atoms with Gasteiger partial charge in [-0.2, -0.15) is 0 Å². The molecule has 0 saturated heterocycles. The molecular formula is C12H28N2. The maximum Gasteiger partial charge on any atom is 0.0394 e. The van der Waals surface area contributed by atoms with Gasteiger partial charge in [-0.05, 0) is 62.4 Å². The summed E-state index contributed by atoms with van der Waals surface area (Å²) in [6, 6.07) is 0. The van der Waals surface area contributed by atoms with E-state index in [2.05, 4.69) is 5.32 Å². The summed E-state index contributed by atoms with van der Waals surface area (Å²) >= 11 is 0. The van der Waals surface area contributed by atoms with Crippen molar-refractivity contribution in [2.24, 2.45) is 0 Å². The molecule has 0 spiro atoms. The predicted molar refractivity (Wildman–Crippen MR) is 64.7 cm³/mol. The van der Waals surface area contributed by atoms with Crippen molar-refractivity contribution in [3.8, 4) is 0 Å². The number of nitrogens with one attached hydrogen (secondary N) is 1. The molecule has 0 amide bonds. The Kier molecular flexibility index (Phi) is 1.77. The molecule has 0 radical (unpaired) electrons. The molecule has 0 heterocycles. The highest BCUT2D eigenvalue weighted by Crippen LogP contribution is 2.31. The highest BCUT2D eigenvalue weighted by Gasteiger charge is 2.42. The van der Waals surface area contributed by atoms with E-state index in [1.165, 1.54) is 4.90 Å². The molecule has 0 aliphatic heterocycles. The van der Waals surface area contributed by atoms with Gasteiger partial charge in [0, 0.05) is 24.8 Å². The lowest BCUT2D eigenvalue weighted by Gasteiger charge is -2.53. The van der Waals surface area contributed by atoms with Crippen molar-refractivity contribution in [1.29, 1.82) is 0 Å². The summed E-state index contributed by atoms with van der Waals surface area (Å²) in [5.74, 6) is 0. The van der Waals surface area contributed by atoms with Crippen LogP contribution in [-0.4, -0.2) is 35.5 Å². The maximum atomic E-state index is 7.80. The second kappa shape index (κ2) is 3.82. The fourth-order valence-corrected chi connectivity index (χ4v) is 1.27. The Labute approximate surface area is 98.5 Å². The summed E-state index contributed by atoms with van der Waals surface area (Å²) in [5, 5.41) is 2.57. The molecule has 0 aromatic carbocycles. The van der Waals surface area contributed by atoms with Crippen LogP contribution in [0.2, 0.25) is 0 Å². The number of hydrogen-bond acceptors (Lipinski definition) is 2. The Morgan fingerprint density at radius 2 is 1.50 bits per heavy atom. The van der Waals surface area contributed by atoms with E-state index in [-0.39, 0.29) is 0 Å². The van der Waals surface area contributed by atoms with Gasteiger partial charge in [0.1, 0.15) is 0 Å². The average molecular weight is 206 g/mol. The number of rotatable bonds is 3. The Balaban J connectivity index is 5.77. The standard InChI is InChI=1S/C12H28N2/c1-10(2,3)14(9)12(6,7)11(4,5)13-8/h13H,1-9H3/i8D3,9D3. The summed E-state index contributed by atoms with van der Waals surface area (Å²) in [4.78, 5) is 1.39. The predicted octanol–water partition coefficient (Wildman–Crippen LogP) is 2.49. The first-order valence-corrected chi connectivity index (χ1v) is 4.92. The molecule has 2 nitrogen and oxygen atoms in total. The normalized spacial score (nSPS) is 23.1. The fourth-order valence-electron chi connectivity index (χ4n) is 1.27. The van der Waals surface area contributed by atoms with E-state index >= 15 is 0 Å². The van der Waals surface area contributed by atoms with Crippen LogP contribution in [0, 0.1) is 0 Å². The van der Waals surface area contributed by atoms with Gasteiger partial charge in [0.05, 0.1) is 0 Å². The average Bonchev–Trinajstić information content (AvgIpc) is 1.89. The highest BCUT2D eigenvalue weighted by atomic mass is 15.3. The van der Waals surface area contributed by atoms with Crippen LogP contribution in [0.4, 0.5) is 0 Å². The molecule has 0 aromatic heterocycles. The van der Waals surface area contributed by atoms with E-state index in [0.29, 0.717) is 0 Å². The van der Waals surface area contributed by atoms with Gasteiger partial charge < -0.3 is 5.32 Å². The Morgan fingerprint density at radius 1 is 1.00 bits per heavy atom. The van der Waals surface area contributed by atoms with Crippen LogP contribution in [0.25, 0.3) is 0 Å². The van der Waals surface area contributed by atoms with Gasteiger partial charge in [-0.15, -0.1) is 0 Å². The van der Waals surface area contributed by atoms with Crippen molar-refractivity contribution in [2.75, 3.05) is 14.0 Å². The molecule has 0 aliphatic carbocycles. The van der Waals surface area contributed by atoms with E-state index in [4.69, 9.17) is 8.22 Å². The summed E-state index contributed by atoms with van der Waals surface area (Å²) in [6.07, 6.45) is 0. The molecule has 14 heavy (non-hydrogen) atoms. The van der Waals surface area contributed by atoms with Crippen molar-refractivity contribution in [1.82, 2.24) is 10.2 Å². The molecule has 0 rings (SSSR count). The molecule has 0 aliphatic rings. The molecule has 86 valence electrons. The van der Waals surface area contributed by atoms with Gasteiger partial charge in [0.2, 0.25) is 0 Å². The highest BCUT2D eigenvalue weighted by molar-refractivity contribution is 5.02. The zero-order chi connectivity index (χ0) is 16.8. The van der Waals surface area contributed by atoms with Crippen molar-refractivity contribution in [3.05, 3.63) is 0 Å². The van der Waals surface area contributed by atoms with Crippen LogP contribution >= 0.6 is 0 Å². The van der Waals surface area contributed by atoms with Gasteiger partial charge in [0.25, 0.3) is 0 Å². The van der Waals surface area contributed by atoms with Gasteiger partial charge >= 0.3 is 0 Å². The lowest BCUT2D eigenvalue weighted by Crippen LogP contribution is -2.66. The third-order valence-electron chi connectivity index (χ3n) is 3.07. The Hall–Kier alpha value is -0.0800. The molecule has 0 unspecified atom stereocenters. The minimum Gasteiger partial charge on any atom is -0.313 e. The van der Waals surface area contributed by atoms with Crippen LogP contribution < -0.4 is 5.32 Å². The molecule has 0 bridgehead atoms. The first kappa shape index (κ1) is 6.49. The summed E-state index contributed by atoms with van der Waals surface area (Å²) in [5.41, 5.74) is -2.48. The van der Waals surface area contributed by atoms with Crippen molar-refractivity contribution >= 4 is 0 Å². The summed E-state index contributed by atoms with van der Waals surface area (Å²) in [6.45, 7) is 7.71. The fraction of sp³-hybridized carbons (Fsp3) is 1.00. The van der Waals surface area contributed by atoms with Crippen LogP contribution in [0.5, 0.6) is 0 Å². The minimum atomic E-state index is -2.33. The van der Waals surface area contributed by atoms with E-state index in [1.807, 2.05) is 20.8 Å². The zero-order valence-electron chi connectivity index (χ0n) is 16.4. The first-order chi connectivity index (χ1) is 8.32. The van der Waals surface area contributed by atoms with Gasteiger partial charge in [-0.1, -0.05) is 0 Å². The molecule has 0 fully saturated rings. The second-order valence-electron chi connectivity index (χ2n) is 5.82. The zero-order valence-corrected chi connectivity index (χ0v) is 10.4. The van der Waals surface area contributed by atoms with Crippen molar-refractivity contribution in [2.45, 2.75) is 65.1 Å². The maximum absolute atomic E-state index is 7.80. The molecule has 2 heteroatoms. The van der Waals surface area contributed by atoms with E-state index in [0.717, 1.165) is 0 Å². The number of hydrogen-bond donors (Lipinski definition) is 1. The van der Waals surface area contributed by atoms with E-state index in [1.54, 1.807) is 27.7 Å². The van der Waals surface area contributed by atoms with Crippen LogP contribution in [0.15, 0.2) is 0 Å². The molecule has 0 aromatic rings. The largest absolute Gasteiger partial charge is 0.313 e. The van der Waals surface area contributed by atoms with Crippen LogP contribution in [0.3, 0.4) is 0 Å². The first-order valence-electron chi connectivity index (χ1n) is 7.92. The molecule has 1 N–H and O–H groups in total. The van der Waals surface area contributed by atoms with Crippen molar-refractivity contribution < 1.29 is 8.22 Å². The third-order valence-corrected chi connectivity index (χ3v) is 3.07. The summed E-state index contributed by atoms with van der Waals surface area (Å²) < 4.78 is 45.6. The van der Waals surface area contributed by atoms with Gasteiger partial charge in [-0.3, -0.25) is 4.90 Å². The lowest BCUT2D eigenvalue weighted by atomic mass is 9.79. The van der Waals surface area contributed by atoms with Crippen LogP contribution in [0.1, 0.15) is 56.7 Å². The summed E-state index contributed by atoms with van der Waals surface area (Å²) in [7, 11) is 0. The Bertz CT molecular complexity index is 321. The molecular weight excluding hydrogens is 172 g/mol. The lowest BCUT2D eigenvalue weighted by molar-refractivity contribution is -0.000140. The number of likely N-dealkylation sites (N-methyl/N-ethyl adjacent to an activating group) is 2. The monoisotopic (exact) mass is 206 g/mol. The SMILES string of the molecule is [2H]C([2H])([2H])NC(C)(C)C(C)(C)N(C([2H])([2H])[2H])C(C)(C)C. The quantitative estimate of drug-likeness (QED) is 0.763. The van der Waals surface area contributed by atoms with Gasteiger partial charge in [0.15, 0.2) is 0 Å². The smallest absolute Gasteiger partial charge is 0.0394 e. The third kappa shape index (κ3) is 2.48. The van der Waals surface area contributed by atoms with Crippen molar-refractivity contribution in [3.63, 3.8) is 0 Å². The topological polar surface area (TPSA) is 15.3 Å². The van der Waals surface area contributed by atoms with E-state index < -0.39 is 30.6 Å². The number of nitrogens with zero attached hydrogens (tertiary/aromatic N) is 1. The minimum absolute atomic E-state index is 0.636. The Morgan fingerprint density at radius 3 is 1.79 bits per heavy atom. The molecule has 0 saturated carbocycles. The van der Waals surface area contributed by atoms with Gasteiger partial charge in [-0.25, -0.2) is 0 Å². The van der Waals surface area contributed by atoms with Crippen LogP contribution in [-0.2, 0) is 0 Å².